The van der Waals surface area contributed by atoms with E-state index in [1.54, 1.807) is 27.7 Å². The summed E-state index contributed by atoms with van der Waals surface area (Å²) in [6.45, 7) is 10.3. The first-order valence-electron chi connectivity index (χ1n) is 25.6. The van der Waals surface area contributed by atoms with E-state index >= 15 is 0 Å². The normalized spacial score (nSPS) is 16.5. The van der Waals surface area contributed by atoms with E-state index < -0.39 is 145 Å². The molecule has 2 rings (SSSR count). The number of phenols is 1. The number of phenolic OH excluding ortho intramolecular Hbond substituents is 1. The molecule has 0 aliphatic carbocycles. The lowest BCUT2D eigenvalue weighted by atomic mass is 9.97. The van der Waals surface area contributed by atoms with Crippen LogP contribution in [0.5, 0.6) is 5.75 Å². The number of nitrogens with zero attached hydrogens (tertiary/aromatic N) is 1. The van der Waals surface area contributed by atoms with Crippen LogP contribution in [-0.4, -0.2) is 158 Å². The van der Waals surface area contributed by atoms with Crippen molar-refractivity contribution in [2.24, 2.45) is 29.2 Å². The van der Waals surface area contributed by atoms with Crippen molar-refractivity contribution in [1.82, 2.24) is 42.1 Å². The summed E-state index contributed by atoms with van der Waals surface area (Å²) in [5, 5.41) is 56.1. The van der Waals surface area contributed by atoms with E-state index in [1.807, 2.05) is 13.8 Å². The smallest absolute Gasteiger partial charge is 0.326 e. The molecular formula is C50H80N10O15. The zero-order valence-electron chi connectivity index (χ0n) is 43.9. The fourth-order valence-electron chi connectivity index (χ4n) is 8.24. The Morgan fingerprint density at radius 3 is 1.79 bits per heavy atom. The van der Waals surface area contributed by atoms with Crippen molar-refractivity contribution in [2.75, 3.05) is 19.6 Å². The van der Waals surface area contributed by atoms with Gasteiger partial charge in [0.2, 0.25) is 47.3 Å². The van der Waals surface area contributed by atoms with Gasteiger partial charge in [-0.25, -0.2) is 4.79 Å². The molecule has 9 atom stereocenters. The van der Waals surface area contributed by atoms with Gasteiger partial charge in [0.25, 0.3) is 0 Å². The van der Waals surface area contributed by atoms with Gasteiger partial charge in [-0.1, -0.05) is 60.1 Å². The third-order valence-electron chi connectivity index (χ3n) is 12.6. The molecule has 1 heterocycles. The van der Waals surface area contributed by atoms with Crippen LogP contribution in [0, 0.1) is 17.8 Å². The molecule has 420 valence electrons. The fraction of sp³-hybridized carbons (Fsp3) is 0.660. The number of benzene rings is 1. The number of aromatic hydroxyl groups is 1. The largest absolute Gasteiger partial charge is 0.508 e. The molecule has 1 aromatic rings. The third kappa shape index (κ3) is 23.0. The predicted molar refractivity (Wildman–Crippen MR) is 272 cm³/mol. The molecule has 75 heavy (non-hydrogen) atoms. The maximum absolute atomic E-state index is 14.4. The number of likely N-dealkylation sites (tertiary alicyclic amines) is 1. The topological polar surface area (TPSA) is 408 Å². The number of carboxylic acids is 3. The third-order valence-corrected chi connectivity index (χ3v) is 12.6. The second-order valence-electron chi connectivity index (χ2n) is 19.9. The maximum Gasteiger partial charge on any atom is 0.326 e. The quantitative estimate of drug-likeness (QED) is 0.0382. The van der Waals surface area contributed by atoms with Gasteiger partial charge in [0.05, 0.1) is 12.6 Å². The van der Waals surface area contributed by atoms with Gasteiger partial charge in [-0.2, -0.15) is 0 Å². The monoisotopic (exact) mass is 1060 g/mol. The number of aliphatic carboxylic acids is 3. The number of hydrogen-bond acceptors (Lipinski definition) is 14. The average Bonchev–Trinajstić information content (AvgIpc) is 3.84. The highest BCUT2D eigenvalue weighted by molar-refractivity contribution is 5.98. The van der Waals surface area contributed by atoms with Gasteiger partial charge in [0.1, 0.15) is 48.0 Å². The summed E-state index contributed by atoms with van der Waals surface area (Å²) in [5.74, 6) is -11.2. The summed E-state index contributed by atoms with van der Waals surface area (Å²) in [7, 11) is 0. The molecule has 1 aliphatic heterocycles. The fourth-order valence-corrected chi connectivity index (χ4v) is 8.24. The van der Waals surface area contributed by atoms with Crippen LogP contribution in [0.4, 0.5) is 0 Å². The Bertz CT molecular complexity index is 2120. The molecule has 8 amide bonds. The molecule has 25 nitrogen and oxygen atoms in total. The van der Waals surface area contributed by atoms with Gasteiger partial charge >= 0.3 is 17.9 Å². The first kappa shape index (κ1) is 64.2. The number of hydrogen-bond donors (Lipinski definition) is 13. The zero-order chi connectivity index (χ0) is 56.5. The summed E-state index contributed by atoms with van der Waals surface area (Å²) in [6.07, 6.45) is 0.440. The van der Waals surface area contributed by atoms with E-state index in [0.29, 0.717) is 37.8 Å². The molecule has 0 radical (unpaired) electrons. The van der Waals surface area contributed by atoms with Crippen LogP contribution < -0.4 is 48.7 Å². The highest BCUT2D eigenvalue weighted by Crippen LogP contribution is 2.22. The van der Waals surface area contributed by atoms with E-state index in [9.17, 15) is 68.1 Å². The van der Waals surface area contributed by atoms with Crippen LogP contribution in [0.2, 0.25) is 0 Å². The van der Waals surface area contributed by atoms with Crippen molar-refractivity contribution in [3.63, 3.8) is 0 Å². The van der Waals surface area contributed by atoms with Crippen molar-refractivity contribution in [3.8, 4) is 5.75 Å². The number of nitrogens with one attached hydrogen (secondary N) is 7. The van der Waals surface area contributed by atoms with Gasteiger partial charge in [0, 0.05) is 25.8 Å². The van der Waals surface area contributed by atoms with Crippen LogP contribution in [0.15, 0.2) is 24.3 Å². The molecule has 0 aromatic heterocycles. The van der Waals surface area contributed by atoms with Crippen LogP contribution >= 0.6 is 0 Å². The molecule has 1 saturated heterocycles. The molecule has 0 bridgehead atoms. The first-order valence-corrected chi connectivity index (χ1v) is 25.6. The molecule has 15 N–H and O–H groups in total. The van der Waals surface area contributed by atoms with Crippen LogP contribution in [0.1, 0.15) is 124 Å². The predicted octanol–water partition coefficient (Wildman–Crippen LogP) is -0.640. The second-order valence-corrected chi connectivity index (χ2v) is 19.9. The van der Waals surface area contributed by atoms with E-state index in [0.717, 1.165) is 0 Å². The number of carbonyl (C=O) groups excluding carboxylic acids is 8. The number of carboxylic acid groups (broad SMARTS) is 3. The van der Waals surface area contributed by atoms with E-state index in [4.69, 9.17) is 16.6 Å². The van der Waals surface area contributed by atoms with E-state index in [1.165, 1.54) is 29.2 Å². The van der Waals surface area contributed by atoms with Crippen molar-refractivity contribution in [3.05, 3.63) is 29.8 Å². The van der Waals surface area contributed by atoms with E-state index in [2.05, 4.69) is 37.2 Å². The Balaban J connectivity index is 2.38. The van der Waals surface area contributed by atoms with E-state index in [-0.39, 0.29) is 62.7 Å². The average molecular weight is 1060 g/mol. The highest BCUT2D eigenvalue weighted by Gasteiger charge is 2.40. The maximum atomic E-state index is 14.4. The van der Waals surface area contributed by atoms with Gasteiger partial charge in [0.15, 0.2) is 0 Å². The number of amides is 8. The lowest BCUT2D eigenvalue weighted by Gasteiger charge is -2.31. The first-order chi connectivity index (χ1) is 35.3. The Labute approximate surface area is 437 Å². The zero-order valence-corrected chi connectivity index (χ0v) is 43.9. The Morgan fingerprint density at radius 2 is 1.21 bits per heavy atom. The van der Waals surface area contributed by atoms with Crippen molar-refractivity contribution >= 4 is 65.2 Å². The summed E-state index contributed by atoms with van der Waals surface area (Å²) in [4.78, 5) is 146. The van der Waals surface area contributed by atoms with Crippen LogP contribution in [0.25, 0.3) is 0 Å². The highest BCUT2D eigenvalue weighted by atomic mass is 16.4. The standard InChI is InChI=1S/C50H80N10O15/c1-7-29(6)42(59-43(67)32(52)17-19-40(63)64)48(72)53-26-39(62)54-33(18-20-41(65)66)44(68)56-35(23-27(2)3)45(69)57-36(25-30-13-15-31(61)16-14-30)46(70)58-37(24-28(4)5)49(73)60-22-10-12-38(60)47(71)55-34(50(74)75)11-8-9-21-51/h13-16,27-29,32-38,42,61H,7-12,17-26,51-52H2,1-6H3,(H,53,72)(H,54,62)(H,55,71)(H,56,68)(H,57,69)(H,58,70)(H,59,67)(H,63,64)(H,65,66)(H,74,75)/t29-,32-,33-,34-,35-,36-,37-,38-,42-/m0/s1. The minimum atomic E-state index is -1.56. The number of rotatable bonds is 34. The molecular weight excluding hydrogens is 981 g/mol. The van der Waals surface area contributed by atoms with Gasteiger partial charge < -0.3 is 74.0 Å². The minimum Gasteiger partial charge on any atom is -0.508 e. The van der Waals surface area contributed by atoms with Crippen molar-refractivity contribution < 1.29 is 73.2 Å². The molecule has 1 fully saturated rings. The van der Waals surface area contributed by atoms with Gasteiger partial charge in [-0.15, -0.1) is 0 Å². The molecule has 25 heteroatoms. The lowest BCUT2D eigenvalue weighted by Crippen LogP contribution is -2.60. The van der Waals surface area contributed by atoms with Crippen LogP contribution in [-0.2, 0) is 59.2 Å². The summed E-state index contributed by atoms with van der Waals surface area (Å²) < 4.78 is 0. The minimum absolute atomic E-state index is 0.0217. The number of carbonyl (C=O) groups is 11. The molecule has 0 saturated carbocycles. The SMILES string of the molecule is CC[C@H](C)[C@H](NC(=O)[C@@H](N)CCC(=O)O)C(=O)NCC(=O)N[C@@H](CCC(=O)O)C(=O)N[C@@H](CC(C)C)C(=O)N[C@@H](Cc1ccc(O)cc1)C(=O)N[C@@H](CC(C)C)C(=O)N1CCC[C@H]1C(=O)N[C@@H](CCCCN)C(=O)O. The summed E-state index contributed by atoms with van der Waals surface area (Å²) >= 11 is 0. The Kier molecular flexibility index (Phi) is 27.8. The molecule has 1 aliphatic rings. The number of unbranched alkanes of at least 4 members (excludes halogenated alkanes) is 1. The van der Waals surface area contributed by atoms with Crippen molar-refractivity contribution in [2.45, 2.75) is 173 Å². The summed E-state index contributed by atoms with van der Waals surface area (Å²) in [6, 6.07) is -4.50. The van der Waals surface area contributed by atoms with Gasteiger partial charge in [-0.3, -0.25) is 47.9 Å². The lowest BCUT2D eigenvalue weighted by molar-refractivity contribution is -0.145. The molecule has 0 spiro atoms. The number of nitrogens with two attached hydrogens (primary N) is 2. The summed E-state index contributed by atoms with van der Waals surface area (Å²) in [5.41, 5.74) is 11.9. The Hall–Kier alpha value is -6.89. The Morgan fingerprint density at radius 1 is 0.653 bits per heavy atom. The molecule has 0 unspecified atom stereocenters. The van der Waals surface area contributed by atoms with Crippen molar-refractivity contribution in [1.29, 1.82) is 0 Å². The van der Waals surface area contributed by atoms with Gasteiger partial charge in [-0.05, 0) is 99.8 Å². The van der Waals surface area contributed by atoms with Crippen LogP contribution in [0.3, 0.4) is 0 Å². The molecule has 1 aromatic carbocycles. The second kappa shape index (κ2) is 32.4.